The summed E-state index contributed by atoms with van der Waals surface area (Å²) < 4.78 is 254. The third-order valence-electron chi connectivity index (χ3n) is 17.4. The second kappa shape index (κ2) is 48.2. The van der Waals surface area contributed by atoms with Crippen molar-refractivity contribution >= 4 is 123 Å². The van der Waals surface area contributed by atoms with Gasteiger partial charge in [-0.3, -0.25) is 0 Å². The molecule has 658 valence electrons. The lowest BCUT2D eigenvalue weighted by molar-refractivity contribution is 0.0589. The number of thioether (sulfide) groups is 2. The van der Waals surface area contributed by atoms with Crippen molar-refractivity contribution in [2.75, 3.05) is 35.5 Å². The van der Waals surface area contributed by atoms with Crippen molar-refractivity contribution in [1.29, 1.82) is 0 Å². The van der Waals surface area contributed by atoms with Crippen LogP contribution in [0.15, 0.2) is 221 Å². The van der Waals surface area contributed by atoms with Crippen molar-refractivity contribution in [1.82, 2.24) is 0 Å². The van der Waals surface area contributed by atoms with E-state index in [9.17, 15) is 94.2 Å². The standard InChI is InChI=1S/C23H19F3O3S.C23H19F2N3O3S.C15H10BrF3O2.C14H8BrF3O2.C7H2BrF3O2.C6H2BrF3/c1-28-16-9-7-14(8-10-16)13-30-20-12-18(23(27)29-2)17(21(25)22(20)26)11-15-5-3-4-6-19(15)24;1-30-16-9-7-14(8-10-16)13-32-20-12-18(23(29)31-2)17(21(25)22(20)27-28-26)11-15-5-3-4-6-19(15)24;1-21-15(20)10-7-11(16)14(19)13(18)9(10)6-8-4-2-3-5-12(8)17;15-10-6-9(14(19)20)8(12(17)13(10)18)5-7-3-1-2-4-11(7)16;8-3-1-2(7(12)13)4(9)6(11)5(3)10;7-3-1-2-4(8)6(10)5(3)9/h3-10,12H,11,13H2,1-2H3;3-10,12H,11,13H2,1-2H3;2-5,7H,6H2,1H3;1-4,6H,5H2,(H,19,20);1H,(H,12,13);1-2H. The smallest absolute Gasteiger partial charge is 0.338 e. The van der Waals surface area contributed by atoms with Gasteiger partial charge in [-0.05, 0) is 194 Å². The summed E-state index contributed by atoms with van der Waals surface area (Å²) in [6.07, 6.45) is -1.08. The molecule has 0 amide bonds. The van der Waals surface area contributed by atoms with Crippen LogP contribution in [0.1, 0.15) is 107 Å². The minimum absolute atomic E-state index is 0.0269. The molecule has 0 unspecified atom stereocenters. The van der Waals surface area contributed by atoms with Gasteiger partial charge in [0.15, 0.2) is 69.8 Å². The van der Waals surface area contributed by atoms with Crippen molar-refractivity contribution in [3.63, 3.8) is 0 Å². The Hall–Kier alpha value is -11.7. The van der Waals surface area contributed by atoms with Gasteiger partial charge in [-0.15, -0.1) is 23.5 Å². The van der Waals surface area contributed by atoms with Gasteiger partial charge >= 0.3 is 29.8 Å². The van der Waals surface area contributed by atoms with Crippen molar-refractivity contribution in [3.05, 3.63) is 399 Å². The lowest BCUT2D eigenvalue weighted by atomic mass is 9.98. The molecule has 0 radical (unpaired) electrons. The number of nitrogens with zero attached hydrogens (tertiary/aromatic N) is 3. The molecular formula is C88H60Br4F17N3O12S2. The number of halogens is 21. The first-order valence-electron chi connectivity index (χ1n) is 35.4. The molecule has 0 aromatic heterocycles. The van der Waals surface area contributed by atoms with E-state index in [1.54, 1.807) is 56.7 Å². The Kier molecular flexibility index (Phi) is 38.8. The lowest BCUT2D eigenvalue weighted by Gasteiger charge is -2.15. The van der Waals surface area contributed by atoms with Crippen LogP contribution in [0.4, 0.5) is 80.3 Å². The Morgan fingerprint density at radius 1 is 0.333 bits per heavy atom. The van der Waals surface area contributed by atoms with Gasteiger partial charge in [-0.1, -0.05) is 102 Å². The monoisotopic (exact) mass is 2050 g/mol. The number of aromatic carboxylic acids is 2. The predicted octanol–water partition coefficient (Wildman–Crippen LogP) is 26.2. The maximum absolute atomic E-state index is 15.5. The van der Waals surface area contributed by atoms with Crippen molar-refractivity contribution < 1.29 is 133 Å². The zero-order valence-corrected chi connectivity index (χ0v) is 73.2. The molecule has 0 saturated carbocycles. The number of azide groups is 1. The van der Waals surface area contributed by atoms with Crippen LogP contribution in [0.25, 0.3) is 10.4 Å². The van der Waals surface area contributed by atoms with Gasteiger partial charge in [-0.2, -0.15) is 0 Å². The van der Waals surface area contributed by atoms with Crippen molar-refractivity contribution in [2.45, 2.75) is 47.0 Å². The molecule has 0 atom stereocenters. The van der Waals surface area contributed by atoms with Crippen LogP contribution in [0.3, 0.4) is 0 Å². The van der Waals surface area contributed by atoms with E-state index in [0.717, 1.165) is 61.4 Å². The number of carbonyl (C=O) groups is 5. The zero-order valence-electron chi connectivity index (χ0n) is 65.2. The summed E-state index contributed by atoms with van der Waals surface area (Å²) >= 11 is 13.1. The summed E-state index contributed by atoms with van der Waals surface area (Å²) in [4.78, 5) is 60.7. The zero-order chi connectivity index (χ0) is 93.1. The van der Waals surface area contributed by atoms with Gasteiger partial charge < -0.3 is 33.9 Å². The second-order valence-corrected chi connectivity index (χ2v) is 30.7. The quantitative estimate of drug-likeness (QED) is 0.00742. The molecule has 38 heteroatoms. The van der Waals surface area contributed by atoms with E-state index in [1.165, 1.54) is 110 Å². The van der Waals surface area contributed by atoms with Gasteiger partial charge in [0.25, 0.3) is 0 Å². The van der Waals surface area contributed by atoms with Crippen LogP contribution in [-0.2, 0) is 51.4 Å². The number of carbonyl (C=O) groups excluding carboxylic acids is 3. The van der Waals surface area contributed by atoms with E-state index < -0.39 is 144 Å². The minimum Gasteiger partial charge on any atom is -0.497 e. The first kappa shape index (κ1) is 101. The number of methoxy groups -OCH3 is 5. The summed E-state index contributed by atoms with van der Waals surface area (Å²) in [7, 11) is 6.58. The molecule has 0 spiro atoms. The number of hydrogen-bond donors (Lipinski definition) is 2. The number of esters is 3. The molecule has 0 heterocycles. The number of rotatable bonds is 22. The lowest BCUT2D eigenvalue weighted by Crippen LogP contribution is -2.11. The van der Waals surface area contributed by atoms with Crippen LogP contribution in [0.5, 0.6) is 11.5 Å². The van der Waals surface area contributed by atoms with Crippen molar-refractivity contribution in [3.8, 4) is 11.5 Å². The molecule has 0 fully saturated rings. The first-order chi connectivity index (χ1) is 59.9. The van der Waals surface area contributed by atoms with Crippen molar-refractivity contribution in [2.24, 2.45) is 5.11 Å². The summed E-state index contributed by atoms with van der Waals surface area (Å²) in [5.74, 6) is -22.3. The highest BCUT2D eigenvalue weighted by molar-refractivity contribution is 9.11. The molecule has 0 aliphatic rings. The molecule has 2 N–H and O–H groups in total. The van der Waals surface area contributed by atoms with Gasteiger partial charge in [-0.25, -0.2) is 98.6 Å². The third kappa shape index (κ3) is 26.7. The maximum atomic E-state index is 15.5. The molecule has 0 aliphatic heterocycles. The summed E-state index contributed by atoms with van der Waals surface area (Å²) in [6, 6.07) is 44.7. The Labute approximate surface area is 748 Å². The SMILES string of the molecule is COC(=O)c1cc(Br)c(F)c(F)c1Cc1ccccc1F.COC(=O)c1cc(SCc2ccc(OC)cc2)c(F)c(F)c1Cc1ccccc1F.COC(=O)c1cc(SCc2ccc(OC)cc2)c(N=[N+]=[N-])c(F)c1Cc1ccccc1F.Fc1ccc(Br)c(F)c1F.O=C(O)c1cc(Br)c(F)c(F)c1Cc1ccccc1F.O=C(O)c1cc(Br)c(F)c(F)c1F. The van der Waals surface area contributed by atoms with Crippen LogP contribution >= 0.6 is 87.2 Å². The molecule has 0 bridgehead atoms. The topological polar surface area (TPSA) is 221 Å². The van der Waals surface area contributed by atoms with Gasteiger partial charge in [0, 0.05) is 74.1 Å². The van der Waals surface area contributed by atoms with Gasteiger partial charge in [0.1, 0.15) is 40.6 Å². The fraction of sp³-hybridized carbons (Fsp3) is 0.125. The maximum Gasteiger partial charge on any atom is 0.338 e. The number of carboxylic acid groups (broad SMARTS) is 2. The summed E-state index contributed by atoms with van der Waals surface area (Å²) in [5, 5.41) is 20.9. The van der Waals surface area contributed by atoms with E-state index in [1.807, 2.05) is 24.3 Å². The molecule has 0 saturated heterocycles. The van der Waals surface area contributed by atoms with E-state index in [-0.39, 0.29) is 116 Å². The Morgan fingerprint density at radius 3 is 0.992 bits per heavy atom. The van der Waals surface area contributed by atoms with E-state index in [0.29, 0.717) is 29.1 Å². The normalized spacial score (nSPS) is 10.5. The van der Waals surface area contributed by atoms with Crippen LogP contribution in [0, 0.1) is 98.9 Å². The number of hydrogen-bond acceptors (Lipinski definition) is 13. The van der Waals surface area contributed by atoms with Crippen LogP contribution in [-0.4, -0.2) is 75.6 Å². The number of carboxylic acids is 2. The fourth-order valence-electron chi connectivity index (χ4n) is 11.0. The predicted molar refractivity (Wildman–Crippen MR) is 448 cm³/mol. The highest BCUT2D eigenvalue weighted by Gasteiger charge is 2.29. The molecule has 15 nitrogen and oxygen atoms in total. The van der Waals surface area contributed by atoms with E-state index in [2.05, 4.69) is 78.5 Å². The molecular weight excluding hydrogens is 2000 g/mol. The highest BCUT2D eigenvalue weighted by Crippen LogP contribution is 2.41. The minimum atomic E-state index is -1.80. The average molecular weight is 2060 g/mol. The Balaban J connectivity index is 0.000000215. The number of ether oxygens (including phenoxy) is 5. The third-order valence-corrected chi connectivity index (χ3v) is 22.0. The molecule has 12 aromatic carbocycles. The molecule has 12 rings (SSSR count). The van der Waals surface area contributed by atoms with Gasteiger partial charge in [0.05, 0.1) is 86.9 Å². The Bertz CT molecular complexity index is 6040. The number of benzene rings is 12. The summed E-state index contributed by atoms with van der Waals surface area (Å²) in [6.45, 7) is 0. The fourth-order valence-corrected chi connectivity index (χ4v) is 14.4. The molecule has 126 heavy (non-hydrogen) atoms. The Morgan fingerprint density at radius 2 is 0.643 bits per heavy atom. The summed E-state index contributed by atoms with van der Waals surface area (Å²) in [5.41, 5.74) is 8.51. The highest BCUT2D eigenvalue weighted by atomic mass is 79.9. The first-order valence-corrected chi connectivity index (χ1v) is 40.5. The average Bonchev–Trinajstić information content (AvgIpc) is 0.780. The second-order valence-electron chi connectivity index (χ2n) is 25.2. The molecule has 12 aromatic rings. The van der Waals surface area contributed by atoms with Gasteiger partial charge in [0.2, 0.25) is 0 Å². The van der Waals surface area contributed by atoms with E-state index >= 15 is 4.39 Å². The van der Waals surface area contributed by atoms with Crippen LogP contribution in [0.2, 0.25) is 0 Å². The van der Waals surface area contributed by atoms with E-state index in [4.69, 9.17) is 34.7 Å². The largest absolute Gasteiger partial charge is 0.497 e. The molecule has 0 aliphatic carbocycles. The van der Waals surface area contributed by atoms with Crippen LogP contribution < -0.4 is 9.47 Å².